The molecule has 1 fully saturated rings. The second-order valence-electron chi connectivity index (χ2n) is 4.70. The summed E-state index contributed by atoms with van der Waals surface area (Å²) in [6.07, 6.45) is -2.42. The van der Waals surface area contributed by atoms with Crippen LogP contribution in [0.3, 0.4) is 0 Å². The zero-order chi connectivity index (χ0) is 13.6. The maximum atomic E-state index is 12.9. The van der Waals surface area contributed by atoms with E-state index in [2.05, 4.69) is 0 Å². The highest BCUT2D eigenvalue weighted by atomic mass is 35.5. The molecule has 1 aliphatic rings. The van der Waals surface area contributed by atoms with Gasteiger partial charge in [0.1, 0.15) is 5.75 Å². The van der Waals surface area contributed by atoms with Gasteiger partial charge in [0, 0.05) is 5.54 Å². The van der Waals surface area contributed by atoms with E-state index in [-0.39, 0.29) is 16.3 Å². The summed E-state index contributed by atoms with van der Waals surface area (Å²) in [7, 11) is 1.17. The van der Waals surface area contributed by atoms with Crippen LogP contribution in [0.4, 0.5) is 13.2 Å². The van der Waals surface area contributed by atoms with Gasteiger partial charge in [0.25, 0.3) is 0 Å². The Morgan fingerprint density at radius 1 is 1.39 bits per heavy atom. The van der Waals surface area contributed by atoms with E-state index in [1.54, 1.807) is 0 Å². The first-order valence-electron chi connectivity index (χ1n) is 5.48. The summed E-state index contributed by atoms with van der Waals surface area (Å²) in [5.41, 5.74) is 5.19. The Morgan fingerprint density at radius 3 is 2.44 bits per heavy atom. The Morgan fingerprint density at radius 2 is 2.00 bits per heavy atom. The summed E-state index contributed by atoms with van der Waals surface area (Å²) in [6.45, 7) is 0. The molecule has 100 valence electrons. The van der Waals surface area contributed by atoms with Gasteiger partial charge in [-0.05, 0) is 37.0 Å². The van der Waals surface area contributed by atoms with Gasteiger partial charge in [-0.15, -0.1) is 0 Å². The molecule has 0 spiro atoms. The van der Waals surface area contributed by atoms with Crippen LogP contribution < -0.4 is 10.5 Å². The maximum absolute atomic E-state index is 12.9. The number of rotatable bonds is 3. The number of halogens is 4. The highest BCUT2D eigenvalue weighted by molar-refractivity contribution is 6.32. The fourth-order valence-corrected chi connectivity index (χ4v) is 2.23. The third-order valence-electron chi connectivity index (χ3n) is 3.06. The first kappa shape index (κ1) is 13.5. The molecule has 2 rings (SSSR count). The Bertz CT molecular complexity index is 469. The zero-order valence-corrected chi connectivity index (χ0v) is 10.5. The highest BCUT2D eigenvalue weighted by Crippen LogP contribution is 2.43. The van der Waals surface area contributed by atoms with Crippen molar-refractivity contribution in [1.82, 2.24) is 0 Å². The van der Waals surface area contributed by atoms with E-state index in [9.17, 15) is 13.2 Å². The van der Waals surface area contributed by atoms with E-state index in [0.717, 1.165) is 18.9 Å². The van der Waals surface area contributed by atoms with Gasteiger partial charge in [-0.25, -0.2) is 0 Å². The van der Waals surface area contributed by atoms with Crippen molar-refractivity contribution >= 4 is 11.6 Å². The molecule has 0 heterocycles. The van der Waals surface area contributed by atoms with Gasteiger partial charge in [-0.2, -0.15) is 13.2 Å². The molecule has 0 saturated heterocycles. The fourth-order valence-electron chi connectivity index (χ4n) is 1.91. The van der Waals surface area contributed by atoms with Crippen LogP contribution in [0.2, 0.25) is 5.02 Å². The molecule has 18 heavy (non-hydrogen) atoms. The molecule has 1 aromatic carbocycles. The third kappa shape index (κ3) is 2.72. The molecule has 2 nitrogen and oxygen atoms in total. The van der Waals surface area contributed by atoms with E-state index < -0.39 is 11.7 Å². The summed E-state index contributed by atoms with van der Waals surface area (Å²) >= 11 is 5.82. The molecular formula is C12H13ClF3NO. The van der Waals surface area contributed by atoms with Crippen LogP contribution in [0.25, 0.3) is 0 Å². The minimum Gasteiger partial charge on any atom is -0.495 e. The Labute approximate surface area is 108 Å². The summed E-state index contributed by atoms with van der Waals surface area (Å²) < 4.78 is 43.3. The van der Waals surface area contributed by atoms with Crippen LogP contribution in [0.1, 0.15) is 24.0 Å². The smallest absolute Gasteiger partial charge is 0.420 e. The molecule has 0 atom stereocenters. The molecule has 0 amide bonds. The number of alkyl halides is 3. The van der Waals surface area contributed by atoms with Crippen molar-refractivity contribution < 1.29 is 17.9 Å². The molecule has 1 saturated carbocycles. The van der Waals surface area contributed by atoms with Gasteiger partial charge in [-0.1, -0.05) is 11.6 Å². The van der Waals surface area contributed by atoms with Crippen molar-refractivity contribution in [3.63, 3.8) is 0 Å². The van der Waals surface area contributed by atoms with Crippen LogP contribution in [0.5, 0.6) is 5.75 Å². The molecule has 1 aromatic rings. The van der Waals surface area contributed by atoms with Crippen LogP contribution in [-0.2, 0) is 12.6 Å². The van der Waals surface area contributed by atoms with E-state index in [1.165, 1.54) is 13.2 Å². The predicted octanol–water partition coefficient (Wildman–Crippen LogP) is 3.40. The second-order valence-corrected chi connectivity index (χ2v) is 5.10. The number of nitrogens with two attached hydrogens (primary N) is 1. The van der Waals surface area contributed by atoms with Gasteiger partial charge in [0.2, 0.25) is 0 Å². The SMILES string of the molecule is COc1c(Cl)cc(CC2(N)CC2)cc1C(F)(F)F. The Kier molecular flexibility index (Phi) is 3.23. The summed E-state index contributed by atoms with van der Waals surface area (Å²) in [5, 5.41) is -0.0356. The molecule has 0 radical (unpaired) electrons. The minimum absolute atomic E-state index is 0.0356. The van der Waals surface area contributed by atoms with Crippen molar-refractivity contribution in [2.24, 2.45) is 5.73 Å². The Hall–Kier alpha value is -0.940. The van der Waals surface area contributed by atoms with Crippen molar-refractivity contribution in [2.75, 3.05) is 7.11 Å². The van der Waals surface area contributed by atoms with Gasteiger partial charge in [0.05, 0.1) is 17.7 Å². The quantitative estimate of drug-likeness (QED) is 0.920. The monoisotopic (exact) mass is 279 g/mol. The van der Waals surface area contributed by atoms with Gasteiger partial charge >= 0.3 is 6.18 Å². The number of hydrogen-bond donors (Lipinski definition) is 1. The third-order valence-corrected chi connectivity index (χ3v) is 3.34. The highest BCUT2D eigenvalue weighted by Gasteiger charge is 2.40. The first-order chi connectivity index (χ1) is 8.25. The van der Waals surface area contributed by atoms with Crippen molar-refractivity contribution in [1.29, 1.82) is 0 Å². The molecule has 1 aliphatic carbocycles. The van der Waals surface area contributed by atoms with Crippen LogP contribution in [0, 0.1) is 0 Å². The molecule has 0 aromatic heterocycles. The topological polar surface area (TPSA) is 35.2 Å². The molecule has 0 aliphatic heterocycles. The molecule has 0 bridgehead atoms. The van der Waals surface area contributed by atoms with E-state index in [4.69, 9.17) is 22.1 Å². The molecule has 6 heteroatoms. The average Bonchev–Trinajstić information content (AvgIpc) is 2.94. The average molecular weight is 280 g/mol. The lowest BCUT2D eigenvalue weighted by Gasteiger charge is -2.16. The van der Waals surface area contributed by atoms with E-state index >= 15 is 0 Å². The minimum atomic E-state index is -4.49. The van der Waals surface area contributed by atoms with Crippen LogP contribution in [-0.4, -0.2) is 12.6 Å². The number of methoxy groups -OCH3 is 1. The van der Waals surface area contributed by atoms with E-state index in [1.807, 2.05) is 0 Å². The first-order valence-corrected chi connectivity index (χ1v) is 5.85. The van der Waals surface area contributed by atoms with Crippen molar-refractivity contribution in [3.05, 3.63) is 28.3 Å². The van der Waals surface area contributed by atoms with E-state index in [0.29, 0.717) is 12.0 Å². The number of benzene rings is 1. The fraction of sp³-hybridized carbons (Fsp3) is 0.500. The largest absolute Gasteiger partial charge is 0.495 e. The lowest BCUT2D eigenvalue weighted by Crippen LogP contribution is -2.24. The molecule has 0 unspecified atom stereocenters. The zero-order valence-electron chi connectivity index (χ0n) is 9.77. The standard InChI is InChI=1S/C12H13ClF3NO/c1-18-10-8(12(14,15)16)4-7(5-9(10)13)6-11(17)2-3-11/h4-5H,2-3,6,17H2,1H3. The molecular weight excluding hydrogens is 267 g/mol. The summed E-state index contributed by atoms with van der Waals surface area (Å²) in [6, 6.07) is 2.56. The maximum Gasteiger partial charge on any atom is 0.420 e. The van der Waals surface area contributed by atoms with Crippen LogP contribution in [0.15, 0.2) is 12.1 Å². The second kappa shape index (κ2) is 4.31. The molecule has 2 N–H and O–H groups in total. The summed E-state index contributed by atoms with van der Waals surface area (Å²) in [5.74, 6) is -0.338. The lowest BCUT2D eigenvalue weighted by atomic mass is 10.0. The number of ether oxygens (including phenoxy) is 1. The number of hydrogen-bond acceptors (Lipinski definition) is 2. The van der Waals surface area contributed by atoms with Crippen molar-refractivity contribution in [3.8, 4) is 5.75 Å². The van der Waals surface area contributed by atoms with Gasteiger partial charge in [-0.3, -0.25) is 0 Å². The van der Waals surface area contributed by atoms with Crippen LogP contribution >= 0.6 is 11.6 Å². The predicted molar refractivity (Wildman–Crippen MR) is 62.9 cm³/mol. The van der Waals surface area contributed by atoms with Gasteiger partial charge < -0.3 is 10.5 Å². The lowest BCUT2D eigenvalue weighted by molar-refractivity contribution is -0.138. The normalized spacial score (nSPS) is 17.7. The summed E-state index contributed by atoms with van der Waals surface area (Å²) in [4.78, 5) is 0. The van der Waals surface area contributed by atoms with Gasteiger partial charge in [0.15, 0.2) is 0 Å². The van der Waals surface area contributed by atoms with Crippen molar-refractivity contribution in [2.45, 2.75) is 31.0 Å². The Balaban J connectivity index is 2.42.